The van der Waals surface area contributed by atoms with Crippen LogP contribution < -0.4 is 5.32 Å². The predicted octanol–water partition coefficient (Wildman–Crippen LogP) is 1.65. The van der Waals surface area contributed by atoms with Crippen LogP contribution >= 0.6 is 0 Å². The summed E-state index contributed by atoms with van der Waals surface area (Å²) < 4.78 is 5.71. The zero-order chi connectivity index (χ0) is 12.0. The quantitative estimate of drug-likeness (QED) is 0.550. The molecule has 3 heteroatoms. The molecule has 0 bridgehead atoms. The standard InChI is InChI=1S/C13H26N2O/c1-5-6-14-7-11(2)8-15-9-12(3)16-13(4)10-15/h12-14H,2,5-10H2,1,3-4H3. The monoisotopic (exact) mass is 226 g/mol. The van der Waals surface area contributed by atoms with Crippen molar-refractivity contribution >= 4 is 0 Å². The summed E-state index contributed by atoms with van der Waals surface area (Å²) >= 11 is 0. The van der Waals surface area contributed by atoms with Gasteiger partial charge in [0.2, 0.25) is 0 Å². The third kappa shape index (κ3) is 5.10. The average Bonchev–Trinajstić information content (AvgIpc) is 2.16. The van der Waals surface area contributed by atoms with E-state index in [2.05, 4.69) is 37.6 Å². The van der Waals surface area contributed by atoms with Gasteiger partial charge in [-0.1, -0.05) is 13.5 Å². The topological polar surface area (TPSA) is 24.5 Å². The molecule has 0 aromatic carbocycles. The highest BCUT2D eigenvalue weighted by Gasteiger charge is 2.21. The number of nitrogens with one attached hydrogen (secondary N) is 1. The first-order chi connectivity index (χ1) is 7.61. The predicted molar refractivity (Wildman–Crippen MR) is 68.7 cm³/mol. The summed E-state index contributed by atoms with van der Waals surface area (Å²) in [6.07, 6.45) is 1.87. The van der Waals surface area contributed by atoms with E-state index in [0.29, 0.717) is 12.2 Å². The SMILES string of the molecule is C=C(CNCCC)CN1CC(C)OC(C)C1. The van der Waals surface area contributed by atoms with Gasteiger partial charge in [-0.05, 0) is 32.4 Å². The Balaban J connectivity index is 2.22. The number of hydrogen-bond donors (Lipinski definition) is 1. The summed E-state index contributed by atoms with van der Waals surface area (Å²) in [4.78, 5) is 2.44. The Morgan fingerprint density at radius 2 is 2.00 bits per heavy atom. The van der Waals surface area contributed by atoms with Crippen molar-refractivity contribution in [3.8, 4) is 0 Å². The second-order valence-corrected chi connectivity index (χ2v) is 4.88. The molecule has 16 heavy (non-hydrogen) atoms. The Labute approximate surface area is 99.8 Å². The minimum absolute atomic E-state index is 0.347. The lowest BCUT2D eigenvalue weighted by atomic mass is 10.2. The summed E-state index contributed by atoms with van der Waals surface area (Å²) in [5.74, 6) is 0. The molecule has 1 aliphatic rings. The van der Waals surface area contributed by atoms with Crippen molar-refractivity contribution in [1.82, 2.24) is 10.2 Å². The van der Waals surface area contributed by atoms with Gasteiger partial charge in [0, 0.05) is 26.2 Å². The number of ether oxygens (including phenoxy) is 1. The van der Waals surface area contributed by atoms with Crippen molar-refractivity contribution in [1.29, 1.82) is 0 Å². The van der Waals surface area contributed by atoms with Crippen molar-refractivity contribution in [3.63, 3.8) is 0 Å². The molecule has 0 aliphatic carbocycles. The summed E-state index contributed by atoms with van der Waals surface area (Å²) in [5.41, 5.74) is 1.27. The summed E-state index contributed by atoms with van der Waals surface area (Å²) in [6.45, 7) is 15.6. The highest BCUT2D eigenvalue weighted by molar-refractivity contribution is 5.00. The molecule has 1 aliphatic heterocycles. The van der Waals surface area contributed by atoms with Gasteiger partial charge in [-0.15, -0.1) is 0 Å². The highest BCUT2D eigenvalue weighted by atomic mass is 16.5. The van der Waals surface area contributed by atoms with Crippen LogP contribution in [-0.2, 0) is 4.74 Å². The molecule has 0 amide bonds. The van der Waals surface area contributed by atoms with Crippen LogP contribution in [0.25, 0.3) is 0 Å². The first-order valence-corrected chi connectivity index (χ1v) is 6.37. The summed E-state index contributed by atoms with van der Waals surface area (Å²) in [5, 5.41) is 3.39. The lowest BCUT2D eigenvalue weighted by Gasteiger charge is -2.35. The van der Waals surface area contributed by atoms with E-state index in [1.165, 1.54) is 12.0 Å². The number of rotatable bonds is 6. The number of morpholine rings is 1. The maximum atomic E-state index is 5.71. The van der Waals surface area contributed by atoms with Crippen LogP contribution in [0.5, 0.6) is 0 Å². The van der Waals surface area contributed by atoms with Gasteiger partial charge >= 0.3 is 0 Å². The second-order valence-electron chi connectivity index (χ2n) is 4.88. The Kier molecular flexibility index (Phi) is 6.03. The molecule has 1 heterocycles. The van der Waals surface area contributed by atoms with E-state index in [4.69, 9.17) is 4.74 Å². The molecule has 0 radical (unpaired) electrons. The molecule has 1 rings (SSSR count). The molecule has 94 valence electrons. The minimum atomic E-state index is 0.347. The van der Waals surface area contributed by atoms with Crippen LogP contribution in [-0.4, -0.2) is 49.8 Å². The molecule has 1 N–H and O–H groups in total. The zero-order valence-electron chi connectivity index (χ0n) is 11.0. The minimum Gasteiger partial charge on any atom is -0.373 e. The molecule has 1 fully saturated rings. The number of hydrogen-bond acceptors (Lipinski definition) is 3. The van der Waals surface area contributed by atoms with Gasteiger partial charge in [0.15, 0.2) is 0 Å². The highest BCUT2D eigenvalue weighted by Crippen LogP contribution is 2.11. The van der Waals surface area contributed by atoms with E-state index in [-0.39, 0.29) is 0 Å². The first-order valence-electron chi connectivity index (χ1n) is 6.37. The van der Waals surface area contributed by atoms with Crippen LogP contribution in [0.1, 0.15) is 27.2 Å². The van der Waals surface area contributed by atoms with Gasteiger partial charge in [0.05, 0.1) is 12.2 Å². The van der Waals surface area contributed by atoms with Crippen molar-refractivity contribution in [2.75, 3.05) is 32.7 Å². The number of nitrogens with zero attached hydrogens (tertiary/aromatic N) is 1. The van der Waals surface area contributed by atoms with Gasteiger partial charge in [-0.3, -0.25) is 4.90 Å². The Bertz CT molecular complexity index is 208. The van der Waals surface area contributed by atoms with Crippen molar-refractivity contribution in [2.24, 2.45) is 0 Å². The van der Waals surface area contributed by atoms with E-state index in [1.54, 1.807) is 0 Å². The largest absolute Gasteiger partial charge is 0.373 e. The van der Waals surface area contributed by atoms with Gasteiger partial charge in [-0.25, -0.2) is 0 Å². The fourth-order valence-corrected chi connectivity index (χ4v) is 2.23. The fourth-order valence-electron chi connectivity index (χ4n) is 2.23. The van der Waals surface area contributed by atoms with Crippen LogP contribution in [0.4, 0.5) is 0 Å². The Hall–Kier alpha value is -0.380. The lowest BCUT2D eigenvalue weighted by molar-refractivity contribution is -0.0653. The van der Waals surface area contributed by atoms with Gasteiger partial charge in [-0.2, -0.15) is 0 Å². The fraction of sp³-hybridized carbons (Fsp3) is 0.846. The molecule has 0 saturated carbocycles. The Morgan fingerprint density at radius 3 is 2.56 bits per heavy atom. The molecular weight excluding hydrogens is 200 g/mol. The maximum Gasteiger partial charge on any atom is 0.0678 e. The smallest absolute Gasteiger partial charge is 0.0678 e. The zero-order valence-corrected chi connectivity index (χ0v) is 11.0. The van der Waals surface area contributed by atoms with Crippen LogP contribution in [0, 0.1) is 0 Å². The molecule has 0 aromatic heterocycles. The first kappa shape index (κ1) is 13.7. The van der Waals surface area contributed by atoms with E-state index < -0.39 is 0 Å². The van der Waals surface area contributed by atoms with Crippen LogP contribution in [0.15, 0.2) is 12.2 Å². The molecule has 1 saturated heterocycles. The molecular formula is C13H26N2O. The van der Waals surface area contributed by atoms with E-state index >= 15 is 0 Å². The van der Waals surface area contributed by atoms with Crippen molar-refractivity contribution < 1.29 is 4.74 Å². The Morgan fingerprint density at radius 1 is 1.38 bits per heavy atom. The van der Waals surface area contributed by atoms with E-state index in [0.717, 1.165) is 32.7 Å². The van der Waals surface area contributed by atoms with E-state index in [9.17, 15) is 0 Å². The third-order valence-electron chi connectivity index (χ3n) is 2.74. The second kappa shape index (κ2) is 7.05. The molecule has 3 nitrogen and oxygen atoms in total. The molecule has 2 atom stereocenters. The normalized spacial score (nSPS) is 26.9. The molecule has 2 unspecified atom stereocenters. The van der Waals surface area contributed by atoms with Gasteiger partial charge in [0.1, 0.15) is 0 Å². The summed E-state index contributed by atoms with van der Waals surface area (Å²) in [7, 11) is 0. The van der Waals surface area contributed by atoms with Crippen LogP contribution in [0.2, 0.25) is 0 Å². The van der Waals surface area contributed by atoms with Gasteiger partial charge < -0.3 is 10.1 Å². The average molecular weight is 226 g/mol. The third-order valence-corrected chi connectivity index (χ3v) is 2.74. The molecule has 0 aromatic rings. The van der Waals surface area contributed by atoms with Crippen molar-refractivity contribution in [2.45, 2.75) is 39.4 Å². The van der Waals surface area contributed by atoms with Crippen LogP contribution in [0.3, 0.4) is 0 Å². The van der Waals surface area contributed by atoms with Gasteiger partial charge in [0.25, 0.3) is 0 Å². The maximum absolute atomic E-state index is 5.71. The summed E-state index contributed by atoms with van der Waals surface area (Å²) in [6, 6.07) is 0. The van der Waals surface area contributed by atoms with Crippen molar-refractivity contribution in [3.05, 3.63) is 12.2 Å². The lowest BCUT2D eigenvalue weighted by Crippen LogP contribution is -2.46. The molecule has 0 spiro atoms. The van der Waals surface area contributed by atoms with E-state index in [1.807, 2.05) is 0 Å².